The van der Waals surface area contributed by atoms with Gasteiger partial charge in [0.1, 0.15) is 5.75 Å². The van der Waals surface area contributed by atoms with Crippen molar-refractivity contribution in [3.05, 3.63) is 90.5 Å². The summed E-state index contributed by atoms with van der Waals surface area (Å²) in [4.78, 5) is 26.3. The van der Waals surface area contributed by atoms with Crippen LogP contribution in [0.4, 0.5) is 0 Å². The van der Waals surface area contributed by atoms with Gasteiger partial charge in [0.2, 0.25) is 5.91 Å². The minimum atomic E-state index is -0.624. The lowest BCUT2D eigenvalue weighted by Crippen LogP contribution is -2.44. The van der Waals surface area contributed by atoms with Gasteiger partial charge in [-0.15, -0.1) is 0 Å². The van der Waals surface area contributed by atoms with Crippen molar-refractivity contribution in [2.45, 2.75) is 32.3 Å². The summed E-state index contributed by atoms with van der Waals surface area (Å²) in [5.41, 5.74) is 8.68. The first kappa shape index (κ1) is 23.1. The molecule has 0 spiro atoms. The van der Waals surface area contributed by atoms with Gasteiger partial charge in [-0.3, -0.25) is 9.59 Å². The highest BCUT2D eigenvalue weighted by Crippen LogP contribution is 2.23. The van der Waals surface area contributed by atoms with Gasteiger partial charge in [0.25, 0.3) is 5.91 Å². The fraction of sp³-hybridized carbons (Fsp3) is 0.259. The highest BCUT2D eigenvalue weighted by molar-refractivity contribution is 5.82. The maximum atomic E-state index is 13.2. The zero-order chi connectivity index (χ0) is 22.8. The van der Waals surface area contributed by atoms with Crippen LogP contribution in [-0.4, -0.2) is 35.9 Å². The van der Waals surface area contributed by atoms with E-state index in [1.165, 1.54) is 0 Å². The second kappa shape index (κ2) is 11.7. The Morgan fingerprint density at radius 2 is 1.44 bits per heavy atom. The summed E-state index contributed by atoms with van der Waals surface area (Å²) < 4.78 is 6.05. The molecule has 2 amide bonds. The van der Waals surface area contributed by atoms with Crippen LogP contribution < -0.4 is 10.5 Å². The second-order valence-corrected chi connectivity index (χ2v) is 7.68. The Labute approximate surface area is 189 Å². The molecule has 1 unspecified atom stereocenters. The van der Waals surface area contributed by atoms with E-state index in [2.05, 4.69) is 12.1 Å². The summed E-state index contributed by atoms with van der Waals surface area (Å²) in [7, 11) is 0. The van der Waals surface area contributed by atoms with Gasteiger partial charge in [-0.1, -0.05) is 79.7 Å². The number of nitrogens with zero attached hydrogens (tertiary/aromatic N) is 1. The van der Waals surface area contributed by atoms with Gasteiger partial charge in [0.05, 0.1) is 0 Å². The monoisotopic (exact) mass is 430 g/mol. The lowest BCUT2D eigenvalue weighted by atomic mass is 10.1. The fourth-order valence-corrected chi connectivity index (χ4v) is 3.52. The molecule has 0 fully saturated rings. The minimum Gasteiger partial charge on any atom is -0.481 e. The molecular formula is C27H30N2O3. The second-order valence-electron chi connectivity index (χ2n) is 7.68. The summed E-state index contributed by atoms with van der Waals surface area (Å²) in [5, 5.41) is 0. The van der Waals surface area contributed by atoms with Gasteiger partial charge in [0.15, 0.2) is 6.10 Å². The predicted molar refractivity (Wildman–Crippen MR) is 127 cm³/mol. The van der Waals surface area contributed by atoms with E-state index in [4.69, 9.17) is 10.5 Å². The molecule has 1 atom stereocenters. The van der Waals surface area contributed by atoms with Crippen molar-refractivity contribution in [1.29, 1.82) is 0 Å². The van der Waals surface area contributed by atoms with Gasteiger partial charge in [0, 0.05) is 19.5 Å². The van der Waals surface area contributed by atoms with E-state index in [1.807, 2.05) is 79.7 Å². The molecule has 0 heterocycles. The van der Waals surface area contributed by atoms with Crippen LogP contribution in [0, 0.1) is 0 Å². The zero-order valence-electron chi connectivity index (χ0n) is 18.4. The average Bonchev–Trinajstić information content (AvgIpc) is 2.83. The minimum absolute atomic E-state index is 0.128. The number of carbonyl (C=O) groups is 2. The standard InChI is InChI=1S/C27H30N2O3/c1-2-25(32-24-15-13-23(14-16-24)22-11-7-4-8-12-22)27(31)29(20-18-26(28)30)19-17-21-9-5-3-6-10-21/h3-16,25H,2,17-20H2,1H3,(H2,28,30). The lowest BCUT2D eigenvalue weighted by molar-refractivity contribution is -0.139. The first-order chi connectivity index (χ1) is 15.6. The average molecular weight is 431 g/mol. The van der Waals surface area contributed by atoms with Crippen LogP contribution in [0.2, 0.25) is 0 Å². The number of nitrogens with two attached hydrogens (primary N) is 1. The number of hydrogen-bond donors (Lipinski definition) is 1. The van der Waals surface area contributed by atoms with E-state index in [-0.39, 0.29) is 18.9 Å². The van der Waals surface area contributed by atoms with Gasteiger partial charge in [-0.05, 0) is 41.7 Å². The van der Waals surface area contributed by atoms with Crippen molar-refractivity contribution in [3.63, 3.8) is 0 Å². The van der Waals surface area contributed by atoms with Gasteiger partial charge >= 0.3 is 0 Å². The molecular weight excluding hydrogens is 400 g/mol. The largest absolute Gasteiger partial charge is 0.481 e. The van der Waals surface area contributed by atoms with E-state index in [1.54, 1.807) is 4.90 Å². The van der Waals surface area contributed by atoms with E-state index in [9.17, 15) is 9.59 Å². The number of hydrogen-bond acceptors (Lipinski definition) is 3. The molecule has 5 heteroatoms. The van der Waals surface area contributed by atoms with Gasteiger partial charge in [-0.2, -0.15) is 0 Å². The molecule has 0 saturated carbocycles. The summed E-state index contributed by atoms with van der Waals surface area (Å²) in [6.45, 7) is 2.71. The molecule has 32 heavy (non-hydrogen) atoms. The quantitative estimate of drug-likeness (QED) is 0.488. The van der Waals surface area contributed by atoms with Crippen LogP contribution in [0.3, 0.4) is 0 Å². The molecule has 2 N–H and O–H groups in total. The van der Waals surface area contributed by atoms with Gasteiger partial charge in [-0.25, -0.2) is 0 Å². The summed E-state index contributed by atoms with van der Waals surface area (Å²) in [6.07, 6.45) is 0.731. The molecule has 0 saturated heterocycles. The van der Waals surface area contributed by atoms with Crippen LogP contribution in [0.15, 0.2) is 84.9 Å². The number of primary amides is 1. The van der Waals surface area contributed by atoms with Crippen molar-refractivity contribution in [1.82, 2.24) is 4.90 Å². The maximum Gasteiger partial charge on any atom is 0.263 e. The Morgan fingerprint density at radius 3 is 2.03 bits per heavy atom. The molecule has 3 aromatic carbocycles. The third kappa shape index (κ3) is 6.71. The number of amides is 2. The van der Waals surface area contributed by atoms with E-state index >= 15 is 0 Å². The van der Waals surface area contributed by atoms with Crippen molar-refractivity contribution >= 4 is 11.8 Å². The zero-order valence-corrected chi connectivity index (χ0v) is 18.4. The third-order valence-electron chi connectivity index (χ3n) is 5.34. The summed E-state index contributed by atoms with van der Waals surface area (Å²) >= 11 is 0. The molecule has 0 aliphatic carbocycles. The SMILES string of the molecule is CCC(Oc1ccc(-c2ccccc2)cc1)C(=O)N(CCC(N)=O)CCc1ccccc1. The Bertz CT molecular complexity index is 988. The van der Waals surface area contributed by atoms with Gasteiger partial charge < -0.3 is 15.4 Å². The molecule has 0 radical (unpaired) electrons. The van der Waals surface area contributed by atoms with Crippen LogP contribution in [0.5, 0.6) is 5.75 Å². The van der Waals surface area contributed by atoms with Crippen LogP contribution >= 0.6 is 0 Å². The smallest absolute Gasteiger partial charge is 0.263 e. The maximum absolute atomic E-state index is 13.2. The van der Waals surface area contributed by atoms with Crippen molar-refractivity contribution in [2.75, 3.05) is 13.1 Å². The molecule has 3 rings (SSSR count). The number of benzene rings is 3. The first-order valence-electron chi connectivity index (χ1n) is 11.0. The van der Waals surface area contributed by atoms with Crippen LogP contribution in [0.1, 0.15) is 25.3 Å². The van der Waals surface area contributed by atoms with Crippen molar-refractivity contribution < 1.29 is 14.3 Å². The Hall–Kier alpha value is -3.60. The molecule has 0 aliphatic heterocycles. The first-order valence-corrected chi connectivity index (χ1v) is 11.0. The fourth-order valence-electron chi connectivity index (χ4n) is 3.52. The van der Waals surface area contributed by atoms with Crippen LogP contribution in [-0.2, 0) is 16.0 Å². The third-order valence-corrected chi connectivity index (χ3v) is 5.34. The highest BCUT2D eigenvalue weighted by Gasteiger charge is 2.25. The molecule has 166 valence electrons. The molecule has 0 bridgehead atoms. The molecule has 3 aromatic rings. The Balaban J connectivity index is 1.67. The molecule has 5 nitrogen and oxygen atoms in total. The summed E-state index contributed by atoms with van der Waals surface area (Å²) in [6, 6.07) is 27.8. The Morgan fingerprint density at radius 1 is 0.844 bits per heavy atom. The molecule has 0 aliphatic rings. The number of rotatable bonds is 11. The predicted octanol–water partition coefficient (Wildman–Crippen LogP) is 4.46. The number of carbonyl (C=O) groups excluding carboxylic acids is 2. The number of ether oxygens (including phenoxy) is 1. The topological polar surface area (TPSA) is 72.6 Å². The molecule has 0 aromatic heterocycles. The van der Waals surface area contributed by atoms with Crippen LogP contribution in [0.25, 0.3) is 11.1 Å². The Kier molecular flexibility index (Phi) is 8.44. The summed E-state index contributed by atoms with van der Waals surface area (Å²) in [5.74, 6) is 0.0904. The van der Waals surface area contributed by atoms with E-state index < -0.39 is 12.0 Å². The van der Waals surface area contributed by atoms with E-state index in [0.29, 0.717) is 25.1 Å². The lowest BCUT2D eigenvalue weighted by Gasteiger charge is -2.27. The highest BCUT2D eigenvalue weighted by atomic mass is 16.5. The van der Waals surface area contributed by atoms with Crippen molar-refractivity contribution in [3.8, 4) is 16.9 Å². The van der Waals surface area contributed by atoms with E-state index in [0.717, 1.165) is 16.7 Å². The normalized spacial score (nSPS) is 11.5. The van der Waals surface area contributed by atoms with Crippen molar-refractivity contribution in [2.24, 2.45) is 5.73 Å².